The lowest BCUT2D eigenvalue weighted by atomic mass is 10.2. The lowest BCUT2D eigenvalue weighted by molar-refractivity contribution is -0.122. The molecule has 98 valence electrons. The highest BCUT2D eigenvalue weighted by Crippen LogP contribution is 2.13. The molecule has 0 bridgehead atoms. The second kappa shape index (κ2) is 6.58. The normalized spacial score (nSPS) is 11.7. The first-order valence-electron chi connectivity index (χ1n) is 5.77. The zero-order chi connectivity index (χ0) is 13.5. The van der Waals surface area contributed by atoms with Gasteiger partial charge in [0.15, 0.2) is 0 Å². The molecule has 0 spiro atoms. The van der Waals surface area contributed by atoms with Crippen LogP contribution in [0.5, 0.6) is 5.75 Å². The Morgan fingerprint density at radius 1 is 1.50 bits per heavy atom. The van der Waals surface area contributed by atoms with E-state index in [1.165, 1.54) is 18.5 Å². The van der Waals surface area contributed by atoms with E-state index in [0.717, 1.165) is 6.42 Å². The van der Waals surface area contributed by atoms with Gasteiger partial charge in [0.25, 0.3) is 5.91 Å². The maximum atomic E-state index is 11.8. The Balaban J connectivity index is 2.60. The van der Waals surface area contributed by atoms with E-state index in [4.69, 9.17) is 0 Å². The molecule has 6 nitrogen and oxygen atoms in total. The minimum absolute atomic E-state index is 0.0974. The molecule has 6 heteroatoms. The van der Waals surface area contributed by atoms with Crippen molar-refractivity contribution in [1.82, 2.24) is 15.6 Å². The molecule has 0 saturated carbocycles. The number of carbonyl (C=O) groups is 2. The van der Waals surface area contributed by atoms with Gasteiger partial charge in [0.2, 0.25) is 5.91 Å². The summed E-state index contributed by atoms with van der Waals surface area (Å²) in [5.74, 6) is -0.969. The number of amides is 2. The Morgan fingerprint density at radius 3 is 2.83 bits per heavy atom. The molecule has 18 heavy (non-hydrogen) atoms. The van der Waals surface area contributed by atoms with Crippen LogP contribution in [0.3, 0.4) is 0 Å². The fourth-order valence-corrected chi connectivity index (χ4v) is 1.32. The summed E-state index contributed by atoms with van der Waals surface area (Å²) in [5, 5.41) is 14.6. The zero-order valence-electron chi connectivity index (χ0n) is 10.4. The molecule has 0 fully saturated rings. The van der Waals surface area contributed by atoms with Crippen molar-refractivity contribution in [2.75, 3.05) is 6.54 Å². The highest BCUT2D eigenvalue weighted by atomic mass is 16.3. The first-order chi connectivity index (χ1) is 8.56. The van der Waals surface area contributed by atoms with Crippen molar-refractivity contribution in [2.45, 2.75) is 26.3 Å². The molecule has 1 rings (SSSR count). The molecule has 2 amide bonds. The number of aromatic nitrogens is 1. The van der Waals surface area contributed by atoms with E-state index in [1.54, 1.807) is 6.92 Å². The van der Waals surface area contributed by atoms with Gasteiger partial charge < -0.3 is 15.7 Å². The van der Waals surface area contributed by atoms with Gasteiger partial charge >= 0.3 is 0 Å². The fourth-order valence-electron chi connectivity index (χ4n) is 1.32. The Bertz CT molecular complexity index is 434. The number of nitrogens with zero attached hydrogens (tertiary/aromatic N) is 1. The average Bonchev–Trinajstić information content (AvgIpc) is 2.36. The Hall–Kier alpha value is -2.11. The molecule has 3 N–H and O–H groups in total. The summed E-state index contributed by atoms with van der Waals surface area (Å²) in [4.78, 5) is 27.0. The van der Waals surface area contributed by atoms with E-state index in [1.807, 2.05) is 6.92 Å². The van der Waals surface area contributed by atoms with Crippen molar-refractivity contribution in [3.8, 4) is 5.75 Å². The maximum Gasteiger partial charge on any atom is 0.255 e. The molecule has 1 aromatic rings. The summed E-state index contributed by atoms with van der Waals surface area (Å²) in [5.41, 5.74) is 0.0974. The predicted molar refractivity (Wildman–Crippen MR) is 66.1 cm³/mol. The molecule has 0 aliphatic carbocycles. The number of carbonyl (C=O) groups excluding carboxylic acids is 2. The second-order valence-electron chi connectivity index (χ2n) is 3.88. The topological polar surface area (TPSA) is 91.3 Å². The van der Waals surface area contributed by atoms with Gasteiger partial charge in [-0.05, 0) is 19.4 Å². The van der Waals surface area contributed by atoms with Crippen molar-refractivity contribution in [2.24, 2.45) is 0 Å². The number of hydrogen-bond donors (Lipinski definition) is 3. The second-order valence-corrected chi connectivity index (χ2v) is 3.88. The van der Waals surface area contributed by atoms with Crippen LogP contribution in [0.1, 0.15) is 30.6 Å². The third kappa shape index (κ3) is 3.73. The standard InChI is InChI=1S/C12H17N3O3/c1-3-5-14-11(17)8(2)15-12(18)9-4-6-13-7-10(9)16/h4,6-8,16H,3,5H2,1-2H3,(H,14,17)(H,15,18). The largest absolute Gasteiger partial charge is 0.505 e. The number of hydrogen-bond acceptors (Lipinski definition) is 4. The first-order valence-corrected chi connectivity index (χ1v) is 5.77. The lowest BCUT2D eigenvalue weighted by Crippen LogP contribution is -2.45. The molecule has 1 heterocycles. The van der Waals surface area contributed by atoms with Crippen molar-refractivity contribution in [1.29, 1.82) is 0 Å². The van der Waals surface area contributed by atoms with Crippen molar-refractivity contribution < 1.29 is 14.7 Å². The van der Waals surface area contributed by atoms with Gasteiger partial charge in [0.1, 0.15) is 11.8 Å². The number of nitrogens with one attached hydrogen (secondary N) is 2. The van der Waals surface area contributed by atoms with Crippen LogP contribution in [0.4, 0.5) is 0 Å². The number of aromatic hydroxyl groups is 1. The summed E-state index contributed by atoms with van der Waals surface area (Å²) in [7, 11) is 0. The minimum Gasteiger partial charge on any atom is -0.505 e. The number of rotatable bonds is 5. The van der Waals surface area contributed by atoms with E-state index >= 15 is 0 Å². The van der Waals surface area contributed by atoms with Crippen molar-refractivity contribution in [3.05, 3.63) is 24.0 Å². The van der Waals surface area contributed by atoms with Crippen molar-refractivity contribution >= 4 is 11.8 Å². The van der Waals surface area contributed by atoms with E-state index in [9.17, 15) is 14.7 Å². The van der Waals surface area contributed by atoms with Crippen LogP contribution in [0.25, 0.3) is 0 Å². The lowest BCUT2D eigenvalue weighted by Gasteiger charge is -2.14. The molecule has 0 radical (unpaired) electrons. The van der Waals surface area contributed by atoms with Gasteiger partial charge in [-0.25, -0.2) is 0 Å². The SMILES string of the molecule is CCCNC(=O)C(C)NC(=O)c1ccncc1O. The summed E-state index contributed by atoms with van der Waals surface area (Å²) in [6.07, 6.45) is 3.41. The molecule has 1 atom stereocenters. The van der Waals surface area contributed by atoms with E-state index in [-0.39, 0.29) is 17.2 Å². The number of pyridine rings is 1. The average molecular weight is 251 g/mol. The highest BCUT2D eigenvalue weighted by molar-refractivity contribution is 5.99. The van der Waals surface area contributed by atoms with Gasteiger partial charge in [-0.2, -0.15) is 0 Å². The van der Waals surface area contributed by atoms with E-state index < -0.39 is 11.9 Å². The minimum atomic E-state index is -0.656. The Labute approximate surface area is 105 Å². The zero-order valence-corrected chi connectivity index (χ0v) is 10.4. The highest BCUT2D eigenvalue weighted by Gasteiger charge is 2.17. The van der Waals surface area contributed by atoms with E-state index in [2.05, 4.69) is 15.6 Å². The maximum absolute atomic E-state index is 11.8. The van der Waals surface area contributed by atoms with Crippen LogP contribution in [0, 0.1) is 0 Å². The summed E-state index contributed by atoms with van der Waals surface area (Å²) >= 11 is 0. The van der Waals surface area contributed by atoms with Gasteiger partial charge in [-0.1, -0.05) is 6.92 Å². The molecule has 0 aliphatic heterocycles. The van der Waals surface area contributed by atoms with Crippen LogP contribution in [-0.4, -0.2) is 34.5 Å². The summed E-state index contributed by atoms with van der Waals surface area (Å²) in [6, 6.07) is 0.734. The van der Waals surface area contributed by atoms with Crippen molar-refractivity contribution in [3.63, 3.8) is 0 Å². The molecular weight excluding hydrogens is 234 g/mol. The van der Waals surface area contributed by atoms with Crippen LogP contribution in [0.2, 0.25) is 0 Å². The molecular formula is C12H17N3O3. The third-order valence-electron chi connectivity index (χ3n) is 2.33. The fraction of sp³-hybridized carbons (Fsp3) is 0.417. The predicted octanol–water partition coefficient (Wildman–Crippen LogP) is 0.432. The molecule has 0 aromatic carbocycles. The smallest absolute Gasteiger partial charge is 0.255 e. The summed E-state index contributed by atoms with van der Waals surface area (Å²) in [6.45, 7) is 4.10. The van der Waals surface area contributed by atoms with E-state index in [0.29, 0.717) is 6.54 Å². The van der Waals surface area contributed by atoms with Crippen LogP contribution in [0.15, 0.2) is 18.5 Å². The first kappa shape index (κ1) is 14.0. The third-order valence-corrected chi connectivity index (χ3v) is 2.33. The van der Waals surface area contributed by atoms with Gasteiger partial charge in [-0.15, -0.1) is 0 Å². The van der Waals surface area contributed by atoms with Gasteiger partial charge in [0.05, 0.1) is 11.8 Å². The van der Waals surface area contributed by atoms with Crippen LogP contribution in [-0.2, 0) is 4.79 Å². The molecule has 1 aromatic heterocycles. The van der Waals surface area contributed by atoms with Crippen LogP contribution >= 0.6 is 0 Å². The molecule has 0 aliphatic rings. The quantitative estimate of drug-likeness (QED) is 0.707. The molecule has 1 unspecified atom stereocenters. The Kier molecular flexibility index (Phi) is 5.10. The summed E-state index contributed by atoms with van der Waals surface area (Å²) < 4.78 is 0. The van der Waals surface area contributed by atoms with Gasteiger partial charge in [0, 0.05) is 12.7 Å². The van der Waals surface area contributed by atoms with Gasteiger partial charge in [-0.3, -0.25) is 14.6 Å². The molecule has 0 saturated heterocycles. The van der Waals surface area contributed by atoms with Crippen LogP contribution < -0.4 is 10.6 Å². The monoisotopic (exact) mass is 251 g/mol. The Morgan fingerprint density at radius 2 is 2.22 bits per heavy atom.